The second-order valence-corrected chi connectivity index (χ2v) is 6.40. The molecule has 3 rings (SSSR count). The molecule has 21 heavy (non-hydrogen) atoms. The fraction of sp³-hybridized carbons (Fsp3) is 0.250. The molecule has 0 aliphatic carbocycles. The maximum atomic E-state index is 5.98. The molecule has 1 aromatic heterocycles. The van der Waals surface area contributed by atoms with Crippen molar-refractivity contribution in [3.8, 4) is 0 Å². The number of aryl methyl sites for hydroxylation is 2. The van der Waals surface area contributed by atoms with Crippen LogP contribution < -0.4 is 4.90 Å². The number of halogens is 1. The van der Waals surface area contributed by atoms with Gasteiger partial charge >= 0.3 is 0 Å². The standard InChI is InChI=1S/C16H16ClN3S/c1-3-15-19-11(2)16(21-15)14-8-9-18-10-20(14)13-6-4-12(17)5-7-13/h4-10,14H,3H2,1-2H3. The van der Waals surface area contributed by atoms with E-state index >= 15 is 0 Å². The van der Waals surface area contributed by atoms with Gasteiger partial charge in [-0.05, 0) is 43.7 Å². The van der Waals surface area contributed by atoms with Gasteiger partial charge in [-0.25, -0.2) is 9.98 Å². The van der Waals surface area contributed by atoms with E-state index in [0.717, 1.165) is 22.8 Å². The Kier molecular flexibility index (Phi) is 4.08. The molecule has 108 valence electrons. The number of anilines is 1. The molecule has 0 spiro atoms. The number of aromatic nitrogens is 1. The van der Waals surface area contributed by atoms with Gasteiger partial charge in [0.05, 0.1) is 28.0 Å². The van der Waals surface area contributed by atoms with Crippen molar-refractivity contribution in [1.29, 1.82) is 0 Å². The first kappa shape index (κ1) is 14.3. The summed E-state index contributed by atoms with van der Waals surface area (Å²) in [4.78, 5) is 12.3. The summed E-state index contributed by atoms with van der Waals surface area (Å²) in [6.07, 6.45) is 6.78. The van der Waals surface area contributed by atoms with Crippen molar-refractivity contribution in [2.75, 3.05) is 4.90 Å². The van der Waals surface area contributed by atoms with E-state index < -0.39 is 0 Å². The Labute approximate surface area is 133 Å². The van der Waals surface area contributed by atoms with Crippen molar-refractivity contribution < 1.29 is 0 Å². The van der Waals surface area contributed by atoms with Gasteiger partial charge in [-0.3, -0.25) is 0 Å². The lowest BCUT2D eigenvalue weighted by atomic mass is 10.1. The lowest BCUT2D eigenvalue weighted by Gasteiger charge is -2.29. The number of hydrogen-bond acceptors (Lipinski definition) is 4. The topological polar surface area (TPSA) is 28.5 Å². The van der Waals surface area contributed by atoms with Crippen LogP contribution in [0.25, 0.3) is 0 Å². The van der Waals surface area contributed by atoms with Gasteiger partial charge in [-0.1, -0.05) is 18.5 Å². The molecule has 0 N–H and O–H groups in total. The van der Waals surface area contributed by atoms with Gasteiger partial charge < -0.3 is 4.90 Å². The largest absolute Gasteiger partial charge is 0.320 e. The van der Waals surface area contributed by atoms with E-state index in [4.69, 9.17) is 11.6 Å². The van der Waals surface area contributed by atoms with Crippen molar-refractivity contribution in [1.82, 2.24) is 4.98 Å². The summed E-state index contributed by atoms with van der Waals surface area (Å²) in [5.41, 5.74) is 2.17. The van der Waals surface area contributed by atoms with Crippen LogP contribution >= 0.6 is 22.9 Å². The Balaban J connectivity index is 1.98. The number of benzene rings is 1. The monoisotopic (exact) mass is 317 g/mol. The number of hydrogen-bond donors (Lipinski definition) is 0. The highest BCUT2D eigenvalue weighted by Crippen LogP contribution is 2.35. The predicted octanol–water partition coefficient (Wildman–Crippen LogP) is 4.77. The predicted molar refractivity (Wildman–Crippen MR) is 90.5 cm³/mol. The summed E-state index contributed by atoms with van der Waals surface area (Å²) in [6, 6.07) is 7.96. The van der Waals surface area contributed by atoms with E-state index in [1.807, 2.05) is 36.8 Å². The van der Waals surface area contributed by atoms with Gasteiger partial charge in [0, 0.05) is 16.9 Å². The average Bonchev–Trinajstić information content (AvgIpc) is 2.89. The summed E-state index contributed by atoms with van der Waals surface area (Å²) < 4.78 is 0. The molecule has 0 bridgehead atoms. The SMILES string of the molecule is CCc1nc(C)c(C2C=CN=CN2c2ccc(Cl)cc2)s1. The number of nitrogens with zero attached hydrogens (tertiary/aromatic N) is 3. The minimum absolute atomic E-state index is 0.140. The van der Waals surface area contributed by atoms with Crippen LogP contribution in [0.2, 0.25) is 5.02 Å². The molecule has 1 aliphatic rings. The first-order valence-corrected chi connectivity index (χ1v) is 8.08. The molecule has 1 aliphatic heterocycles. The van der Waals surface area contributed by atoms with E-state index in [0.29, 0.717) is 0 Å². The molecule has 0 amide bonds. The van der Waals surface area contributed by atoms with E-state index in [9.17, 15) is 0 Å². The summed E-state index contributed by atoms with van der Waals surface area (Å²) in [5.74, 6) is 0. The lowest BCUT2D eigenvalue weighted by Crippen LogP contribution is -2.27. The summed E-state index contributed by atoms with van der Waals surface area (Å²) >= 11 is 7.75. The normalized spacial score (nSPS) is 17.5. The van der Waals surface area contributed by atoms with E-state index in [1.165, 1.54) is 9.88 Å². The third kappa shape index (κ3) is 2.87. The van der Waals surface area contributed by atoms with Gasteiger partial charge in [-0.15, -0.1) is 11.3 Å². The summed E-state index contributed by atoms with van der Waals surface area (Å²) in [5, 5.41) is 1.91. The molecule has 0 fully saturated rings. The lowest BCUT2D eigenvalue weighted by molar-refractivity contribution is 0.872. The van der Waals surface area contributed by atoms with Gasteiger partial charge in [0.25, 0.3) is 0 Å². The third-order valence-electron chi connectivity index (χ3n) is 3.42. The average molecular weight is 318 g/mol. The second kappa shape index (κ2) is 6.00. The maximum Gasteiger partial charge on any atom is 0.0957 e. The van der Waals surface area contributed by atoms with Crippen LogP contribution in [-0.4, -0.2) is 11.3 Å². The molecule has 5 heteroatoms. The van der Waals surface area contributed by atoms with Crippen LogP contribution in [0.4, 0.5) is 5.69 Å². The molecule has 0 saturated carbocycles. The molecule has 2 aromatic rings. The van der Waals surface area contributed by atoms with Crippen molar-refractivity contribution in [3.63, 3.8) is 0 Å². The van der Waals surface area contributed by atoms with Gasteiger partial charge in [0.2, 0.25) is 0 Å². The molecule has 1 aromatic carbocycles. The molecule has 1 unspecified atom stereocenters. The van der Waals surface area contributed by atoms with Crippen LogP contribution in [0.15, 0.2) is 41.5 Å². The van der Waals surface area contributed by atoms with Crippen molar-refractivity contribution in [2.24, 2.45) is 4.99 Å². The summed E-state index contributed by atoms with van der Waals surface area (Å²) in [7, 11) is 0. The van der Waals surface area contributed by atoms with E-state index in [2.05, 4.69) is 34.8 Å². The number of aliphatic imine (C=N–C) groups is 1. The van der Waals surface area contributed by atoms with Crippen LogP contribution in [0.1, 0.15) is 28.5 Å². The first-order chi connectivity index (χ1) is 10.2. The Hall–Kier alpha value is -1.65. The summed E-state index contributed by atoms with van der Waals surface area (Å²) in [6.45, 7) is 4.21. The zero-order valence-electron chi connectivity index (χ0n) is 12.0. The molecule has 3 nitrogen and oxygen atoms in total. The molecular weight excluding hydrogens is 302 g/mol. The van der Waals surface area contributed by atoms with Crippen molar-refractivity contribution >= 4 is 35.0 Å². The van der Waals surface area contributed by atoms with Crippen molar-refractivity contribution in [2.45, 2.75) is 26.3 Å². The minimum Gasteiger partial charge on any atom is -0.320 e. The quantitative estimate of drug-likeness (QED) is 0.815. The van der Waals surface area contributed by atoms with Gasteiger partial charge in [-0.2, -0.15) is 0 Å². The molecule has 0 radical (unpaired) electrons. The fourth-order valence-electron chi connectivity index (χ4n) is 2.35. The number of rotatable bonds is 3. The number of thiazole rings is 1. The van der Waals surface area contributed by atoms with E-state index in [1.54, 1.807) is 11.3 Å². The first-order valence-electron chi connectivity index (χ1n) is 6.89. The maximum absolute atomic E-state index is 5.98. The Morgan fingerprint density at radius 1 is 1.29 bits per heavy atom. The molecule has 1 atom stereocenters. The highest BCUT2D eigenvalue weighted by Gasteiger charge is 2.23. The van der Waals surface area contributed by atoms with E-state index in [-0.39, 0.29) is 6.04 Å². The zero-order chi connectivity index (χ0) is 14.8. The van der Waals surface area contributed by atoms with Crippen LogP contribution in [-0.2, 0) is 6.42 Å². The Bertz CT molecular complexity index is 688. The zero-order valence-corrected chi connectivity index (χ0v) is 13.5. The molecule has 2 heterocycles. The fourth-order valence-corrected chi connectivity index (χ4v) is 3.56. The molecule has 0 saturated heterocycles. The molecular formula is C16H16ClN3S. The highest BCUT2D eigenvalue weighted by molar-refractivity contribution is 7.11. The smallest absolute Gasteiger partial charge is 0.0957 e. The third-order valence-corrected chi connectivity index (χ3v) is 5.04. The minimum atomic E-state index is 0.140. The Morgan fingerprint density at radius 3 is 2.71 bits per heavy atom. The van der Waals surface area contributed by atoms with Crippen LogP contribution in [0.5, 0.6) is 0 Å². The van der Waals surface area contributed by atoms with Crippen molar-refractivity contribution in [3.05, 3.63) is 57.1 Å². The van der Waals surface area contributed by atoms with Crippen LogP contribution in [0, 0.1) is 6.92 Å². The highest BCUT2D eigenvalue weighted by atomic mass is 35.5. The second-order valence-electron chi connectivity index (χ2n) is 4.85. The van der Waals surface area contributed by atoms with Gasteiger partial charge in [0.1, 0.15) is 0 Å². The van der Waals surface area contributed by atoms with Crippen LogP contribution in [0.3, 0.4) is 0 Å². The van der Waals surface area contributed by atoms with Gasteiger partial charge in [0.15, 0.2) is 0 Å². The Morgan fingerprint density at radius 2 is 2.05 bits per heavy atom.